The molecule has 0 bridgehead atoms. The Labute approximate surface area is 186 Å². The first-order valence-corrected chi connectivity index (χ1v) is 12.3. The Kier molecular flexibility index (Phi) is 5.77. The number of hydrogen-bond donors (Lipinski definition) is 2. The van der Waals surface area contributed by atoms with Crippen LogP contribution in [0.15, 0.2) is 53.4 Å². The van der Waals surface area contributed by atoms with Gasteiger partial charge in [0.15, 0.2) is 9.84 Å². The molecule has 8 nitrogen and oxygen atoms in total. The molecule has 2 atom stereocenters. The zero-order valence-corrected chi connectivity index (χ0v) is 18.7. The number of nitrogens with zero attached hydrogens (tertiary/aromatic N) is 1. The van der Waals surface area contributed by atoms with E-state index in [1.165, 1.54) is 12.1 Å². The van der Waals surface area contributed by atoms with Crippen molar-refractivity contribution in [3.63, 3.8) is 0 Å². The van der Waals surface area contributed by atoms with E-state index in [2.05, 4.69) is 10.6 Å². The van der Waals surface area contributed by atoms with Crippen molar-refractivity contribution in [2.75, 3.05) is 12.8 Å². The van der Waals surface area contributed by atoms with Crippen molar-refractivity contribution in [2.45, 2.75) is 42.8 Å². The lowest BCUT2D eigenvalue weighted by molar-refractivity contribution is -0.129. The van der Waals surface area contributed by atoms with Crippen molar-refractivity contribution in [3.05, 3.63) is 65.2 Å². The molecule has 0 aromatic heterocycles. The number of carbonyl (C=O) groups is 3. The van der Waals surface area contributed by atoms with Crippen LogP contribution in [0, 0.1) is 0 Å². The summed E-state index contributed by atoms with van der Waals surface area (Å²) in [5, 5.41) is 5.45. The van der Waals surface area contributed by atoms with E-state index in [1.54, 1.807) is 48.2 Å². The minimum Gasteiger partial charge on any atom is -0.348 e. The van der Waals surface area contributed by atoms with Gasteiger partial charge in [-0.2, -0.15) is 0 Å². The number of sulfone groups is 1. The third kappa shape index (κ3) is 4.38. The van der Waals surface area contributed by atoms with Gasteiger partial charge in [0, 0.05) is 17.9 Å². The molecule has 1 heterocycles. The average molecular weight is 456 g/mol. The van der Waals surface area contributed by atoms with Crippen LogP contribution in [0.3, 0.4) is 0 Å². The molecule has 3 amide bonds. The highest BCUT2D eigenvalue weighted by Gasteiger charge is 2.47. The van der Waals surface area contributed by atoms with Gasteiger partial charge >= 0.3 is 0 Å². The number of amides is 3. The minimum atomic E-state index is -3.29. The second kappa shape index (κ2) is 8.38. The second-order valence-corrected chi connectivity index (χ2v) is 10.3. The lowest BCUT2D eigenvalue weighted by Gasteiger charge is -2.24. The Morgan fingerprint density at radius 2 is 1.75 bits per heavy atom. The normalized spacial score (nSPS) is 18.8. The quantitative estimate of drug-likeness (QED) is 0.660. The monoisotopic (exact) mass is 455 g/mol. The maximum atomic E-state index is 12.9. The first-order chi connectivity index (χ1) is 15.2. The highest BCUT2D eigenvalue weighted by Crippen LogP contribution is 2.41. The van der Waals surface area contributed by atoms with Crippen LogP contribution >= 0.6 is 0 Å². The van der Waals surface area contributed by atoms with Crippen LogP contribution in [0.25, 0.3) is 0 Å². The fourth-order valence-electron chi connectivity index (χ4n) is 3.98. The van der Waals surface area contributed by atoms with Gasteiger partial charge in [-0.1, -0.05) is 30.3 Å². The van der Waals surface area contributed by atoms with E-state index >= 15 is 0 Å². The molecule has 2 aromatic carbocycles. The molecule has 1 saturated carbocycles. The zero-order valence-electron chi connectivity index (χ0n) is 17.9. The molecule has 1 aliphatic carbocycles. The summed E-state index contributed by atoms with van der Waals surface area (Å²) in [4.78, 5) is 39.9. The van der Waals surface area contributed by atoms with Gasteiger partial charge in [-0.25, -0.2) is 8.42 Å². The maximum absolute atomic E-state index is 12.9. The molecular weight excluding hydrogens is 430 g/mol. The van der Waals surface area contributed by atoms with E-state index < -0.39 is 15.9 Å². The molecule has 32 heavy (non-hydrogen) atoms. The van der Waals surface area contributed by atoms with Crippen LogP contribution in [0.2, 0.25) is 0 Å². The summed E-state index contributed by atoms with van der Waals surface area (Å²) in [6.45, 7) is 1.55. The first-order valence-electron chi connectivity index (χ1n) is 10.5. The van der Waals surface area contributed by atoms with Crippen LogP contribution in [-0.2, 0) is 19.4 Å². The van der Waals surface area contributed by atoms with Gasteiger partial charge in [-0.05, 0) is 49.1 Å². The molecule has 2 aliphatic rings. The number of carbonyl (C=O) groups excluding carboxylic acids is 3. The summed E-state index contributed by atoms with van der Waals surface area (Å²) in [5.41, 5.74) is 1.95. The lowest BCUT2D eigenvalue weighted by Crippen LogP contribution is -2.44. The Balaban J connectivity index is 1.37. The van der Waals surface area contributed by atoms with E-state index in [4.69, 9.17) is 0 Å². The summed E-state index contributed by atoms with van der Waals surface area (Å²) in [6, 6.07) is 12.3. The number of benzene rings is 2. The number of nitrogens with one attached hydrogen (secondary N) is 2. The van der Waals surface area contributed by atoms with Crippen molar-refractivity contribution in [1.82, 2.24) is 15.5 Å². The van der Waals surface area contributed by atoms with Crippen molar-refractivity contribution in [3.8, 4) is 0 Å². The fraction of sp³-hybridized carbons (Fsp3) is 0.348. The highest BCUT2D eigenvalue weighted by molar-refractivity contribution is 7.90. The van der Waals surface area contributed by atoms with Crippen molar-refractivity contribution < 1.29 is 22.8 Å². The molecule has 2 unspecified atom stereocenters. The van der Waals surface area contributed by atoms with Crippen molar-refractivity contribution in [2.24, 2.45) is 0 Å². The van der Waals surface area contributed by atoms with Crippen molar-refractivity contribution >= 4 is 27.6 Å². The second-order valence-electron chi connectivity index (χ2n) is 8.28. The average Bonchev–Trinajstić information content (AvgIpc) is 3.55. The summed E-state index contributed by atoms with van der Waals surface area (Å²) in [5.74, 6) is -0.900. The number of rotatable bonds is 7. The van der Waals surface area contributed by atoms with Gasteiger partial charge in [-0.3, -0.25) is 14.4 Å². The Morgan fingerprint density at radius 3 is 2.38 bits per heavy atom. The molecule has 4 rings (SSSR count). The summed E-state index contributed by atoms with van der Waals surface area (Å²) < 4.78 is 23.2. The van der Waals surface area contributed by atoms with E-state index in [0.29, 0.717) is 11.1 Å². The van der Waals surface area contributed by atoms with Crippen LogP contribution < -0.4 is 10.6 Å². The number of hydrogen-bond acceptors (Lipinski definition) is 5. The molecule has 0 spiro atoms. The van der Waals surface area contributed by atoms with Crippen LogP contribution in [0.1, 0.15) is 53.3 Å². The Bertz CT molecular complexity index is 1170. The third-order valence-corrected chi connectivity index (χ3v) is 6.92. The van der Waals surface area contributed by atoms with Gasteiger partial charge in [0.1, 0.15) is 6.04 Å². The molecule has 2 aromatic rings. The zero-order chi connectivity index (χ0) is 23.0. The van der Waals surface area contributed by atoms with Crippen LogP contribution in [-0.4, -0.2) is 49.9 Å². The maximum Gasteiger partial charge on any atom is 0.255 e. The summed E-state index contributed by atoms with van der Waals surface area (Å²) in [7, 11) is -3.29. The van der Waals surface area contributed by atoms with Gasteiger partial charge < -0.3 is 15.5 Å². The summed E-state index contributed by atoms with van der Waals surface area (Å²) >= 11 is 0. The predicted molar refractivity (Wildman–Crippen MR) is 117 cm³/mol. The van der Waals surface area contributed by atoms with Crippen LogP contribution in [0.5, 0.6) is 0 Å². The van der Waals surface area contributed by atoms with Gasteiger partial charge in [0.05, 0.1) is 17.5 Å². The third-order valence-electron chi connectivity index (χ3n) is 5.80. The standard InChI is InChI=1S/C23H25N3O5S/c1-14(15-7-11-17(12-8-15)32(2,30)31)25-20(27)13-24-22(28)21-18-5-3-4-6-19(18)23(29)26(21)16-9-10-16/h3-8,11-12,14,16,21H,9-10,13H2,1-2H3,(H,24,28)(H,25,27). The Morgan fingerprint density at radius 1 is 1.09 bits per heavy atom. The molecule has 2 N–H and O–H groups in total. The highest BCUT2D eigenvalue weighted by atomic mass is 32.2. The van der Waals surface area contributed by atoms with E-state index in [0.717, 1.165) is 24.7 Å². The van der Waals surface area contributed by atoms with Gasteiger partial charge in [0.25, 0.3) is 5.91 Å². The first kappa shape index (κ1) is 22.0. The van der Waals surface area contributed by atoms with Crippen molar-refractivity contribution in [1.29, 1.82) is 0 Å². The van der Waals surface area contributed by atoms with Gasteiger partial charge in [0.2, 0.25) is 11.8 Å². The molecule has 168 valence electrons. The summed E-state index contributed by atoms with van der Waals surface area (Å²) in [6.07, 6.45) is 2.88. The SMILES string of the molecule is CC(NC(=O)CNC(=O)C1c2ccccc2C(=O)N1C1CC1)c1ccc(S(C)(=O)=O)cc1. The van der Waals surface area contributed by atoms with E-state index in [9.17, 15) is 22.8 Å². The predicted octanol–water partition coefficient (Wildman–Crippen LogP) is 1.74. The molecule has 0 saturated heterocycles. The fourth-order valence-corrected chi connectivity index (χ4v) is 4.61. The van der Waals surface area contributed by atoms with E-state index in [1.807, 2.05) is 0 Å². The van der Waals surface area contributed by atoms with Gasteiger partial charge in [-0.15, -0.1) is 0 Å². The Hall–Kier alpha value is -3.20. The number of fused-ring (bicyclic) bond motifs is 1. The lowest BCUT2D eigenvalue weighted by atomic mass is 10.0. The largest absolute Gasteiger partial charge is 0.348 e. The minimum absolute atomic E-state index is 0.0643. The molecule has 1 aliphatic heterocycles. The molecule has 0 radical (unpaired) electrons. The van der Waals surface area contributed by atoms with Crippen LogP contribution in [0.4, 0.5) is 0 Å². The molecule has 1 fully saturated rings. The topological polar surface area (TPSA) is 113 Å². The molecular formula is C23H25N3O5S. The molecule has 9 heteroatoms. The smallest absolute Gasteiger partial charge is 0.255 e. The van der Waals surface area contributed by atoms with E-state index in [-0.39, 0.29) is 41.2 Å².